The minimum Gasteiger partial charge on any atom is -0.496 e. The van der Waals surface area contributed by atoms with Gasteiger partial charge in [-0.05, 0) is 55.3 Å². The van der Waals surface area contributed by atoms with Crippen molar-refractivity contribution in [3.63, 3.8) is 0 Å². The number of fused-ring (bicyclic) bond motifs is 1. The van der Waals surface area contributed by atoms with Crippen molar-refractivity contribution in [2.75, 3.05) is 12.4 Å². The van der Waals surface area contributed by atoms with Gasteiger partial charge in [0.05, 0.1) is 13.4 Å². The van der Waals surface area contributed by atoms with Gasteiger partial charge in [0, 0.05) is 38.8 Å². The molecule has 0 saturated heterocycles. The van der Waals surface area contributed by atoms with Crippen molar-refractivity contribution in [3.05, 3.63) is 88.6 Å². The molecular formula is C26H22BrNO3. The van der Waals surface area contributed by atoms with Gasteiger partial charge in [0.2, 0.25) is 5.91 Å². The van der Waals surface area contributed by atoms with Crippen molar-refractivity contribution < 1.29 is 13.9 Å². The summed E-state index contributed by atoms with van der Waals surface area (Å²) in [6.45, 7) is 3.91. The van der Waals surface area contributed by atoms with E-state index >= 15 is 0 Å². The zero-order chi connectivity index (χ0) is 22.0. The molecule has 0 radical (unpaired) electrons. The lowest BCUT2D eigenvalue weighted by Crippen LogP contribution is -2.08. The molecule has 5 heteroatoms. The standard InChI is InChI=1S/C26H22BrNO3/c1-16-4-10-20(11-5-16)28-26(29)12-17(2)21-13-22-23(18-6-8-19(27)9-7-18)15-31-25(22)14-24(21)30-3/h4-15H,1-3H3,(H,28,29)/b17-12+. The first-order chi connectivity index (χ1) is 14.9. The van der Waals surface area contributed by atoms with Gasteiger partial charge in [-0.2, -0.15) is 0 Å². The molecule has 0 spiro atoms. The number of nitrogens with one attached hydrogen (secondary N) is 1. The normalized spacial score (nSPS) is 11.5. The molecule has 4 rings (SSSR count). The number of amides is 1. The van der Waals surface area contributed by atoms with Crippen LogP contribution in [0.5, 0.6) is 5.75 Å². The third kappa shape index (κ3) is 4.57. The largest absolute Gasteiger partial charge is 0.496 e. The predicted octanol–water partition coefficient (Wildman–Crippen LogP) is 7.22. The fraction of sp³-hybridized carbons (Fsp3) is 0.115. The molecule has 0 aliphatic carbocycles. The molecule has 0 atom stereocenters. The Labute approximate surface area is 189 Å². The third-order valence-electron chi connectivity index (χ3n) is 5.14. The van der Waals surface area contributed by atoms with Crippen molar-refractivity contribution in [3.8, 4) is 16.9 Å². The summed E-state index contributed by atoms with van der Waals surface area (Å²) in [6, 6.07) is 19.7. The van der Waals surface area contributed by atoms with Crippen LogP contribution in [0.1, 0.15) is 18.1 Å². The first kappa shape index (κ1) is 20.9. The molecule has 1 heterocycles. The summed E-state index contributed by atoms with van der Waals surface area (Å²) in [7, 11) is 1.61. The number of halogens is 1. The van der Waals surface area contributed by atoms with Crippen LogP contribution in [-0.4, -0.2) is 13.0 Å². The van der Waals surface area contributed by atoms with Crippen molar-refractivity contribution in [2.24, 2.45) is 0 Å². The molecule has 156 valence electrons. The van der Waals surface area contributed by atoms with Crippen LogP contribution < -0.4 is 10.1 Å². The topological polar surface area (TPSA) is 51.5 Å². The molecule has 4 nitrogen and oxygen atoms in total. The Morgan fingerprint density at radius 2 is 1.77 bits per heavy atom. The fourth-order valence-corrected chi connectivity index (χ4v) is 3.74. The van der Waals surface area contributed by atoms with E-state index in [1.54, 1.807) is 19.4 Å². The number of benzene rings is 3. The fourth-order valence-electron chi connectivity index (χ4n) is 3.47. The van der Waals surface area contributed by atoms with Crippen LogP contribution in [0.25, 0.3) is 27.7 Å². The lowest BCUT2D eigenvalue weighted by atomic mass is 9.99. The molecular weight excluding hydrogens is 454 g/mol. The van der Waals surface area contributed by atoms with E-state index in [9.17, 15) is 4.79 Å². The molecule has 31 heavy (non-hydrogen) atoms. The number of rotatable bonds is 5. The molecule has 3 aromatic carbocycles. The SMILES string of the molecule is COc1cc2occ(-c3ccc(Br)cc3)c2cc1/C(C)=C/C(=O)Nc1ccc(C)cc1. The summed E-state index contributed by atoms with van der Waals surface area (Å²) in [5.74, 6) is 0.463. The van der Waals surface area contributed by atoms with Gasteiger partial charge in [0.15, 0.2) is 0 Å². The van der Waals surface area contributed by atoms with Gasteiger partial charge in [-0.25, -0.2) is 0 Å². The van der Waals surface area contributed by atoms with E-state index in [0.717, 1.165) is 49.0 Å². The van der Waals surface area contributed by atoms with Gasteiger partial charge in [0.1, 0.15) is 11.3 Å². The van der Waals surface area contributed by atoms with Crippen LogP contribution in [0.2, 0.25) is 0 Å². The molecule has 0 fully saturated rings. The van der Waals surface area contributed by atoms with Crippen LogP contribution in [0.4, 0.5) is 5.69 Å². The highest BCUT2D eigenvalue weighted by atomic mass is 79.9. The summed E-state index contributed by atoms with van der Waals surface area (Å²) >= 11 is 3.47. The van der Waals surface area contributed by atoms with Crippen molar-refractivity contribution in [1.82, 2.24) is 0 Å². The van der Waals surface area contributed by atoms with Crippen molar-refractivity contribution in [2.45, 2.75) is 13.8 Å². The molecule has 0 unspecified atom stereocenters. The van der Waals surface area contributed by atoms with Crippen LogP contribution in [0.15, 0.2) is 81.9 Å². The van der Waals surface area contributed by atoms with Gasteiger partial charge in [0.25, 0.3) is 0 Å². The number of furan rings is 1. The highest BCUT2D eigenvalue weighted by Gasteiger charge is 2.15. The summed E-state index contributed by atoms with van der Waals surface area (Å²) in [5, 5.41) is 3.87. The molecule has 1 aromatic heterocycles. The van der Waals surface area contributed by atoms with Crippen LogP contribution in [0.3, 0.4) is 0 Å². The lowest BCUT2D eigenvalue weighted by molar-refractivity contribution is -0.111. The lowest BCUT2D eigenvalue weighted by Gasteiger charge is -2.10. The van der Waals surface area contributed by atoms with Crippen LogP contribution in [0, 0.1) is 6.92 Å². The Morgan fingerprint density at radius 1 is 1.06 bits per heavy atom. The number of methoxy groups -OCH3 is 1. The Hall–Kier alpha value is -3.31. The van der Waals surface area contributed by atoms with Crippen LogP contribution >= 0.6 is 15.9 Å². The second-order valence-electron chi connectivity index (χ2n) is 7.39. The number of aryl methyl sites for hydroxylation is 1. The molecule has 0 saturated carbocycles. The Balaban J connectivity index is 1.70. The minimum absolute atomic E-state index is 0.191. The number of anilines is 1. The van der Waals surface area contributed by atoms with E-state index in [2.05, 4.69) is 21.2 Å². The number of ether oxygens (including phenoxy) is 1. The first-order valence-electron chi connectivity index (χ1n) is 9.86. The molecule has 0 bridgehead atoms. The molecule has 1 amide bonds. The Bertz CT molecular complexity index is 1270. The summed E-state index contributed by atoms with van der Waals surface area (Å²) in [5.41, 5.74) is 6.31. The molecule has 1 N–H and O–H groups in total. The third-order valence-corrected chi connectivity index (χ3v) is 5.67. The number of carbonyl (C=O) groups is 1. The highest BCUT2D eigenvalue weighted by molar-refractivity contribution is 9.10. The quantitative estimate of drug-likeness (QED) is 0.310. The number of carbonyl (C=O) groups excluding carboxylic acids is 1. The maximum absolute atomic E-state index is 12.6. The number of hydrogen-bond acceptors (Lipinski definition) is 3. The molecule has 4 aromatic rings. The second kappa shape index (κ2) is 8.82. The number of allylic oxidation sites excluding steroid dienone is 1. The maximum Gasteiger partial charge on any atom is 0.248 e. The van der Waals surface area contributed by atoms with E-state index in [1.165, 1.54) is 0 Å². The monoisotopic (exact) mass is 475 g/mol. The zero-order valence-corrected chi connectivity index (χ0v) is 19.1. The van der Waals surface area contributed by atoms with Gasteiger partial charge < -0.3 is 14.5 Å². The minimum atomic E-state index is -0.191. The van der Waals surface area contributed by atoms with Crippen LogP contribution in [-0.2, 0) is 4.79 Å². The van der Waals surface area contributed by atoms with E-state index < -0.39 is 0 Å². The summed E-state index contributed by atoms with van der Waals surface area (Å²) in [6.07, 6.45) is 3.34. The smallest absolute Gasteiger partial charge is 0.248 e. The van der Waals surface area contributed by atoms with Gasteiger partial charge in [-0.3, -0.25) is 4.79 Å². The average Bonchev–Trinajstić information content (AvgIpc) is 3.17. The van der Waals surface area contributed by atoms with E-state index in [0.29, 0.717) is 5.75 Å². The van der Waals surface area contributed by atoms with Crippen molar-refractivity contribution in [1.29, 1.82) is 0 Å². The average molecular weight is 476 g/mol. The van der Waals surface area contributed by atoms with E-state index in [4.69, 9.17) is 9.15 Å². The van der Waals surface area contributed by atoms with Crippen molar-refractivity contribution >= 4 is 44.1 Å². The Morgan fingerprint density at radius 3 is 2.45 bits per heavy atom. The summed E-state index contributed by atoms with van der Waals surface area (Å²) in [4.78, 5) is 12.6. The predicted molar refractivity (Wildman–Crippen MR) is 129 cm³/mol. The maximum atomic E-state index is 12.6. The zero-order valence-electron chi connectivity index (χ0n) is 17.5. The van der Waals surface area contributed by atoms with E-state index in [-0.39, 0.29) is 5.91 Å². The molecule has 0 aliphatic rings. The first-order valence-corrected chi connectivity index (χ1v) is 10.7. The summed E-state index contributed by atoms with van der Waals surface area (Å²) < 4.78 is 12.4. The highest BCUT2D eigenvalue weighted by Crippen LogP contribution is 2.37. The van der Waals surface area contributed by atoms with Gasteiger partial charge >= 0.3 is 0 Å². The second-order valence-corrected chi connectivity index (χ2v) is 8.30. The van der Waals surface area contributed by atoms with E-state index in [1.807, 2.05) is 74.5 Å². The van der Waals surface area contributed by atoms with Gasteiger partial charge in [-0.1, -0.05) is 45.8 Å². The van der Waals surface area contributed by atoms with Gasteiger partial charge in [-0.15, -0.1) is 0 Å². The Kier molecular flexibility index (Phi) is 5.96. The number of hydrogen-bond donors (Lipinski definition) is 1. The molecule has 0 aliphatic heterocycles.